The van der Waals surface area contributed by atoms with Crippen molar-refractivity contribution in [3.63, 3.8) is 0 Å². The Kier molecular flexibility index (Phi) is 6.01. The summed E-state index contributed by atoms with van der Waals surface area (Å²) in [6.45, 7) is 3.25. The van der Waals surface area contributed by atoms with Gasteiger partial charge in [0.05, 0.1) is 28.9 Å². The van der Waals surface area contributed by atoms with Crippen LogP contribution in [-0.2, 0) is 18.6 Å². The third-order valence-corrected chi connectivity index (χ3v) is 7.91. The number of ether oxygens (including phenoxy) is 1. The van der Waals surface area contributed by atoms with E-state index in [1.807, 2.05) is 0 Å². The standard InChI is InChI=1S/C24H22F3N5O3S/c1-12-5-13(7-16(33)15-9-31-18(10-30-15)35-11-19-29-3-4-34-19)6-14(20(12)25)23(2)17-8-24(17,21(26)27)36-22(28)32-23/h3-6,9-10,17,21H,7-8,11H2,1-2H3,(H2,28,32)/t17-,23+,24-/m0/s1. The number of amidine groups is 1. The molecule has 0 bridgehead atoms. The van der Waals surface area contributed by atoms with Crippen molar-refractivity contribution in [1.82, 2.24) is 15.0 Å². The number of aliphatic imine (C=N–C) groups is 1. The molecule has 3 aromatic rings. The number of alkyl halides is 2. The lowest BCUT2D eigenvalue weighted by Crippen LogP contribution is -2.39. The van der Waals surface area contributed by atoms with Gasteiger partial charge in [-0.3, -0.25) is 9.79 Å². The molecule has 0 spiro atoms. The number of aryl methyl sites for hydroxylation is 1. The number of halogens is 3. The molecule has 8 nitrogen and oxygen atoms in total. The van der Waals surface area contributed by atoms with E-state index in [9.17, 15) is 13.6 Å². The molecule has 3 heterocycles. The Hall–Kier alpha value is -3.41. The van der Waals surface area contributed by atoms with Crippen LogP contribution in [0.1, 0.15) is 46.4 Å². The Morgan fingerprint density at radius 2 is 2.11 bits per heavy atom. The minimum atomic E-state index is -2.62. The van der Waals surface area contributed by atoms with E-state index in [4.69, 9.17) is 14.9 Å². The number of ketones is 1. The van der Waals surface area contributed by atoms with Gasteiger partial charge in [-0.05, 0) is 37.5 Å². The third-order valence-electron chi connectivity index (χ3n) is 6.60. The van der Waals surface area contributed by atoms with Gasteiger partial charge >= 0.3 is 0 Å². The smallest absolute Gasteiger partial charge is 0.253 e. The molecule has 0 unspecified atom stereocenters. The second-order valence-corrected chi connectivity index (χ2v) is 10.4. The van der Waals surface area contributed by atoms with E-state index in [1.54, 1.807) is 19.9 Å². The molecule has 1 aliphatic heterocycles. The first-order valence-electron chi connectivity index (χ1n) is 11.1. The summed E-state index contributed by atoms with van der Waals surface area (Å²) in [5.74, 6) is -0.904. The summed E-state index contributed by atoms with van der Waals surface area (Å²) in [6.07, 6.45) is 2.98. The zero-order valence-electron chi connectivity index (χ0n) is 19.4. The molecular formula is C24H22F3N5O3S. The van der Waals surface area contributed by atoms with Crippen molar-refractivity contribution in [2.45, 2.75) is 50.0 Å². The molecule has 188 valence electrons. The number of oxazole rings is 1. The van der Waals surface area contributed by atoms with Crippen molar-refractivity contribution in [3.8, 4) is 5.88 Å². The van der Waals surface area contributed by atoms with Crippen molar-refractivity contribution in [2.75, 3.05) is 0 Å². The number of carbonyl (C=O) groups excluding carboxylic acids is 1. The normalized spacial score (nSPS) is 24.8. The van der Waals surface area contributed by atoms with Gasteiger partial charge in [0.2, 0.25) is 11.8 Å². The maximum Gasteiger partial charge on any atom is 0.253 e. The molecule has 2 aliphatic rings. The fourth-order valence-corrected chi connectivity index (χ4v) is 6.03. The highest BCUT2D eigenvalue weighted by Gasteiger charge is 2.71. The SMILES string of the molecule is Cc1cc(CC(=O)c2cnc(OCc3ncco3)cn2)cc([C@@]2(C)N=C(N)S[C@@]3(C(F)F)C[C@@H]23)c1F. The summed E-state index contributed by atoms with van der Waals surface area (Å²) >= 11 is 0.861. The van der Waals surface area contributed by atoms with Gasteiger partial charge in [-0.2, -0.15) is 0 Å². The maximum absolute atomic E-state index is 15.3. The van der Waals surface area contributed by atoms with Crippen LogP contribution >= 0.6 is 11.8 Å². The van der Waals surface area contributed by atoms with Crippen molar-refractivity contribution >= 4 is 22.7 Å². The molecule has 2 N–H and O–H groups in total. The Morgan fingerprint density at radius 3 is 2.78 bits per heavy atom. The minimum Gasteiger partial charge on any atom is -0.467 e. The van der Waals surface area contributed by atoms with Gasteiger partial charge in [0, 0.05) is 17.9 Å². The molecule has 0 amide bonds. The average molecular weight is 518 g/mol. The van der Waals surface area contributed by atoms with Gasteiger partial charge in [-0.15, -0.1) is 0 Å². The van der Waals surface area contributed by atoms with Gasteiger partial charge in [0.1, 0.15) is 17.8 Å². The Balaban J connectivity index is 1.36. The van der Waals surface area contributed by atoms with Crippen LogP contribution in [0.3, 0.4) is 0 Å². The molecular weight excluding hydrogens is 495 g/mol. The molecule has 36 heavy (non-hydrogen) atoms. The van der Waals surface area contributed by atoms with Crippen molar-refractivity contribution < 1.29 is 27.1 Å². The Labute approximate surface area is 208 Å². The number of rotatable bonds is 8. The van der Waals surface area contributed by atoms with Gasteiger partial charge in [0.15, 0.2) is 17.6 Å². The molecule has 12 heteroatoms. The molecule has 1 aromatic carbocycles. The summed E-state index contributed by atoms with van der Waals surface area (Å²) in [6, 6.07) is 3.07. The Morgan fingerprint density at radius 1 is 1.31 bits per heavy atom. The van der Waals surface area contributed by atoms with Crippen LogP contribution in [0.2, 0.25) is 0 Å². The number of nitrogens with two attached hydrogens (primary N) is 1. The van der Waals surface area contributed by atoms with Crippen LogP contribution in [0.25, 0.3) is 0 Å². The molecule has 1 aliphatic carbocycles. The van der Waals surface area contributed by atoms with E-state index in [1.165, 1.54) is 30.9 Å². The topological polar surface area (TPSA) is 116 Å². The molecule has 1 fully saturated rings. The van der Waals surface area contributed by atoms with E-state index in [0.717, 1.165) is 11.8 Å². The summed E-state index contributed by atoms with van der Waals surface area (Å²) in [5, 5.41) is 0.00509. The lowest BCUT2D eigenvalue weighted by atomic mass is 9.83. The second-order valence-electron chi connectivity index (χ2n) is 9.04. The molecule has 1 saturated carbocycles. The van der Waals surface area contributed by atoms with Crippen LogP contribution in [0, 0.1) is 18.7 Å². The fraction of sp³-hybridized carbons (Fsp3) is 0.375. The van der Waals surface area contributed by atoms with Crippen LogP contribution in [0.5, 0.6) is 5.88 Å². The summed E-state index contributed by atoms with van der Waals surface area (Å²) < 4.78 is 52.1. The molecule has 5 rings (SSSR count). The first kappa shape index (κ1) is 24.3. The lowest BCUT2D eigenvalue weighted by molar-refractivity contribution is 0.0987. The maximum atomic E-state index is 15.3. The first-order chi connectivity index (χ1) is 17.1. The van der Waals surface area contributed by atoms with Crippen LogP contribution < -0.4 is 10.5 Å². The zero-order valence-corrected chi connectivity index (χ0v) is 20.2. The lowest BCUT2D eigenvalue weighted by Gasteiger charge is -2.34. The van der Waals surface area contributed by atoms with Crippen molar-refractivity contribution in [3.05, 3.63) is 71.1 Å². The van der Waals surface area contributed by atoms with Crippen LogP contribution in [0.4, 0.5) is 13.2 Å². The van der Waals surface area contributed by atoms with E-state index >= 15 is 4.39 Å². The second kappa shape index (κ2) is 8.91. The van der Waals surface area contributed by atoms with Crippen molar-refractivity contribution in [1.29, 1.82) is 0 Å². The minimum absolute atomic E-state index is 0.00509. The highest BCUT2D eigenvalue weighted by Crippen LogP contribution is 2.68. The average Bonchev–Trinajstić information content (AvgIpc) is 3.37. The van der Waals surface area contributed by atoms with E-state index in [2.05, 4.69) is 19.9 Å². The quantitative estimate of drug-likeness (QED) is 0.442. The number of fused-ring (bicyclic) bond motifs is 1. The van der Waals surface area contributed by atoms with E-state index in [0.29, 0.717) is 11.5 Å². The van der Waals surface area contributed by atoms with Gasteiger partial charge in [0.25, 0.3) is 6.43 Å². The predicted octanol–water partition coefficient (Wildman–Crippen LogP) is 4.22. The Bertz CT molecular complexity index is 1340. The predicted molar refractivity (Wildman–Crippen MR) is 125 cm³/mol. The number of aromatic nitrogens is 3. The highest BCUT2D eigenvalue weighted by molar-refractivity contribution is 8.15. The number of carbonyl (C=O) groups is 1. The van der Waals surface area contributed by atoms with E-state index in [-0.39, 0.29) is 53.1 Å². The number of hydrogen-bond donors (Lipinski definition) is 1. The largest absolute Gasteiger partial charge is 0.467 e. The van der Waals surface area contributed by atoms with Crippen LogP contribution in [0.15, 0.2) is 46.4 Å². The van der Waals surface area contributed by atoms with Gasteiger partial charge in [-0.25, -0.2) is 28.1 Å². The monoisotopic (exact) mass is 517 g/mol. The third kappa shape index (κ3) is 4.23. The summed E-state index contributed by atoms with van der Waals surface area (Å²) in [5.41, 5.74) is 5.69. The van der Waals surface area contributed by atoms with E-state index < -0.39 is 28.4 Å². The molecule has 0 saturated heterocycles. The van der Waals surface area contributed by atoms with Crippen molar-refractivity contribution in [2.24, 2.45) is 16.6 Å². The van der Waals surface area contributed by atoms with Gasteiger partial charge in [-0.1, -0.05) is 17.8 Å². The fourth-order valence-electron chi connectivity index (χ4n) is 4.69. The molecule has 0 radical (unpaired) electrons. The summed E-state index contributed by atoms with van der Waals surface area (Å²) in [4.78, 5) is 29.4. The first-order valence-corrected chi connectivity index (χ1v) is 11.9. The number of thioether (sulfide) groups is 1. The zero-order chi connectivity index (χ0) is 25.7. The highest BCUT2D eigenvalue weighted by atomic mass is 32.2. The van der Waals surface area contributed by atoms with Crippen LogP contribution in [-0.4, -0.2) is 37.1 Å². The number of benzene rings is 1. The van der Waals surface area contributed by atoms with Gasteiger partial charge < -0.3 is 14.9 Å². The number of nitrogens with zero attached hydrogens (tertiary/aromatic N) is 4. The molecule has 3 atom stereocenters. The molecule has 2 aromatic heterocycles. The number of Topliss-reactive ketones (excluding diaryl/α,β-unsaturated/α-hetero) is 1. The summed E-state index contributed by atoms with van der Waals surface area (Å²) in [7, 11) is 0. The number of hydrogen-bond acceptors (Lipinski definition) is 9.